The van der Waals surface area contributed by atoms with Crippen LogP contribution < -0.4 is 4.90 Å². The quantitative estimate of drug-likeness (QED) is 0.694. The van der Waals surface area contributed by atoms with E-state index in [1.807, 2.05) is 44.1 Å². The summed E-state index contributed by atoms with van der Waals surface area (Å²) in [6, 6.07) is 12.0. The molecule has 0 unspecified atom stereocenters. The zero-order valence-electron chi connectivity index (χ0n) is 14.5. The monoisotopic (exact) mass is 357 g/mol. The molecule has 0 aliphatic rings. The number of carbonyl (C=O) groups is 1. The molecule has 0 atom stereocenters. The minimum atomic E-state index is -0.514. The van der Waals surface area contributed by atoms with Crippen LogP contribution in [0.1, 0.15) is 15.9 Å². The van der Waals surface area contributed by atoms with Crippen LogP contribution >= 0.6 is 11.3 Å². The first-order chi connectivity index (χ1) is 12.0. The van der Waals surface area contributed by atoms with Crippen molar-refractivity contribution in [3.63, 3.8) is 0 Å². The van der Waals surface area contributed by atoms with Gasteiger partial charge in [-0.1, -0.05) is 35.6 Å². The summed E-state index contributed by atoms with van der Waals surface area (Å²) in [5.41, 5.74) is 2.02. The summed E-state index contributed by atoms with van der Waals surface area (Å²) in [7, 11) is 3.88. The average molecular weight is 357 g/mol. The highest BCUT2D eigenvalue weighted by atomic mass is 32.1. The van der Waals surface area contributed by atoms with Gasteiger partial charge in [0.1, 0.15) is 5.82 Å². The normalized spacial score (nSPS) is 11.2. The second kappa shape index (κ2) is 7.29. The molecular formula is C19H20FN3OS. The number of anilines is 1. The van der Waals surface area contributed by atoms with Crippen LogP contribution in [0.4, 0.5) is 9.52 Å². The number of nitrogens with zero attached hydrogens (tertiary/aromatic N) is 3. The van der Waals surface area contributed by atoms with Gasteiger partial charge in [0.2, 0.25) is 0 Å². The van der Waals surface area contributed by atoms with Gasteiger partial charge in [0.05, 0.1) is 15.8 Å². The molecule has 2 aromatic carbocycles. The van der Waals surface area contributed by atoms with Crippen LogP contribution in [0, 0.1) is 12.7 Å². The summed E-state index contributed by atoms with van der Waals surface area (Å²) in [6.45, 7) is 3.10. The van der Waals surface area contributed by atoms with E-state index in [9.17, 15) is 9.18 Å². The third-order valence-electron chi connectivity index (χ3n) is 3.96. The van der Waals surface area contributed by atoms with Crippen LogP contribution in [-0.2, 0) is 0 Å². The molecular weight excluding hydrogens is 337 g/mol. The number of aryl methyl sites for hydroxylation is 1. The number of aromatic nitrogens is 1. The number of thiazole rings is 1. The number of hydrogen-bond donors (Lipinski definition) is 0. The number of carbonyl (C=O) groups excluding carboxylic acids is 1. The van der Waals surface area contributed by atoms with Gasteiger partial charge in [-0.15, -0.1) is 0 Å². The molecule has 130 valence electrons. The molecule has 1 amide bonds. The maximum atomic E-state index is 14.1. The van der Waals surface area contributed by atoms with Gasteiger partial charge < -0.3 is 4.90 Å². The fraction of sp³-hybridized carbons (Fsp3) is 0.263. The van der Waals surface area contributed by atoms with E-state index in [0.29, 0.717) is 18.2 Å². The van der Waals surface area contributed by atoms with Crippen molar-refractivity contribution in [2.75, 3.05) is 32.1 Å². The molecule has 0 saturated heterocycles. The first kappa shape index (κ1) is 17.5. The number of amides is 1. The van der Waals surface area contributed by atoms with E-state index in [-0.39, 0.29) is 11.5 Å². The number of benzene rings is 2. The second-order valence-electron chi connectivity index (χ2n) is 6.16. The molecule has 0 saturated carbocycles. The largest absolute Gasteiger partial charge is 0.308 e. The summed E-state index contributed by atoms with van der Waals surface area (Å²) in [4.78, 5) is 21.2. The Labute approximate surface area is 150 Å². The van der Waals surface area contributed by atoms with Crippen molar-refractivity contribution >= 4 is 32.6 Å². The summed E-state index contributed by atoms with van der Waals surface area (Å²) < 4.78 is 15.1. The van der Waals surface area contributed by atoms with Crippen molar-refractivity contribution in [2.24, 2.45) is 0 Å². The number of rotatable bonds is 5. The number of para-hydroxylation sites is 1. The Morgan fingerprint density at radius 3 is 2.56 bits per heavy atom. The maximum absolute atomic E-state index is 14.1. The first-order valence-corrected chi connectivity index (χ1v) is 8.86. The molecule has 0 fully saturated rings. The lowest BCUT2D eigenvalue weighted by molar-refractivity contribution is 0.0981. The molecule has 25 heavy (non-hydrogen) atoms. The zero-order chi connectivity index (χ0) is 18.0. The Hall–Kier alpha value is -2.31. The van der Waals surface area contributed by atoms with Crippen molar-refractivity contribution < 1.29 is 9.18 Å². The molecule has 0 aliphatic carbocycles. The van der Waals surface area contributed by atoms with E-state index in [0.717, 1.165) is 15.8 Å². The van der Waals surface area contributed by atoms with Gasteiger partial charge in [-0.2, -0.15) is 0 Å². The van der Waals surface area contributed by atoms with E-state index in [2.05, 4.69) is 4.98 Å². The van der Waals surface area contributed by atoms with Crippen LogP contribution in [0.15, 0.2) is 42.5 Å². The Morgan fingerprint density at radius 2 is 1.88 bits per heavy atom. The Morgan fingerprint density at radius 1 is 1.12 bits per heavy atom. The maximum Gasteiger partial charge on any atom is 0.263 e. The Kier molecular flexibility index (Phi) is 5.11. The van der Waals surface area contributed by atoms with Gasteiger partial charge in [-0.05, 0) is 44.8 Å². The third kappa shape index (κ3) is 3.70. The summed E-state index contributed by atoms with van der Waals surface area (Å²) in [5, 5.41) is 0.597. The molecule has 1 aromatic heterocycles. The summed E-state index contributed by atoms with van der Waals surface area (Å²) in [5.74, 6) is -0.878. The van der Waals surface area contributed by atoms with Crippen molar-refractivity contribution in [1.29, 1.82) is 0 Å². The summed E-state index contributed by atoms with van der Waals surface area (Å²) in [6.07, 6.45) is 0. The fourth-order valence-electron chi connectivity index (χ4n) is 2.55. The van der Waals surface area contributed by atoms with Gasteiger partial charge in [-0.25, -0.2) is 9.37 Å². The standard InChI is InChI=1S/C19H20FN3OS/c1-13-7-6-10-16-17(13)21-19(25-16)23(12-11-22(2)3)18(24)14-8-4-5-9-15(14)20/h4-10H,11-12H2,1-3H3. The van der Waals surface area contributed by atoms with Crippen molar-refractivity contribution in [3.8, 4) is 0 Å². The van der Waals surface area contributed by atoms with Crippen LogP contribution in [0.2, 0.25) is 0 Å². The molecule has 4 nitrogen and oxygen atoms in total. The summed E-state index contributed by atoms with van der Waals surface area (Å²) >= 11 is 1.45. The van der Waals surface area contributed by atoms with E-state index >= 15 is 0 Å². The molecule has 6 heteroatoms. The molecule has 0 aliphatic heterocycles. The van der Waals surface area contributed by atoms with Crippen LogP contribution in [0.3, 0.4) is 0 Å². The SMILES string of the molecule is Cc1cccc2sc(N(CCN(C)C)C(=O)c3ccccc3F)nc12. The van der Waals surface area contributed by atoms with Crippen molar-refractivity contribution in [2.45, 2.75) is 6.92 Å². The Bertz CT molecular complexity index is 907. The average Bonchev–Trinajstić information content (AvgIpc) is 3.00. The predicted molar refractivity (Wildman–Crippen MR) is 101 cm³/mol. The number of likely N-dealkylation sites (N-methyl/N-ethyl adjacent to an activating group) is 1. The molecule has 0 bridgehead atoms. The number of halogens is 1. The van der Waals surface area contributed by atoms with Crippen molar-refractivity contribution in [1.82, 2.24) is 9.88 Å². The van der Waals surface area contributed by atoms with Crippen LogP contribution in [0.25, 0.3) is 10.2 Å². The molecule has 3 aromatic rings. The lowest BCUT2D eigenvalue weighted by Gasteiger charge is -2.22. The van der Waals surface area contributed by atoms with Gasteiger partial charge in [0, 0.05) is 13.1 Å². The fourth-order valence-corrected chi connectivity index (χ4v) is 3.62. The van der Waals surface area contributed by atoms with Gasteiger partial charge >= 0.3 is 0 Å². The smallest absolute Gasteiger partial charge is 0.263 e. The number of fused-ring (bicyclic) bond motifs is 1. The van der Waals surface area contributed by atoms with Gasteiger partial charge in [0.15, 0.2) is 5.13 Å². The predicted octanol–water partition coefficient (Wildman–Crippen LogP) is 3.95. The first-order valence-electron chi connectivity index (χ1n) is 8.04. The highest BCUT2D eigenvalue weighted by Gasteiger charge is 2.23. The molecule has 0 N–H and O–H groups in total. The number of hydrogen-bond acceptors (Lipinski definition) is 4. The van der Waals surface area contributed by atoms with Crippen LogP contribution in [-0.4, -0.2) is 43.0 Å². The lowest BCUT2D eigenvalue weighted by Crippen LogP contribution is -2.37. The lowest BCUT2D eigenvalue weighted by atomic mass is 10.2. The highest BCUT2D eigenvalue weighted by Crippen LogP contribution is 2.31. The molecule has 1 heterocycles. The highest BCUT2D eigenvalue weighted by molar-refractivity contribution is 7.22. The minimum absolute atomic E-state index is 0.0669. The molecule has 0 radical (unpaired) electrons. The molecule has 0 spiro atoms. The van der Waals surface area contributed by atoms with Gasteiger partial charge in [0.25, 0.3) is 5.91 Å². The second-order valence-corrected chi connectivity index (χ2v) is 7.17. The third-order valence-corrected chi connectivity index (χ3v) is 5.00. The van der Waals surface area contributed by atoms with Crippen LogP contribution in [0.5, 0.6) is 0 Å². The van der Waals surface area contributed by atoms with E-state index in [1.165, 1.54) is 23.5 Å². The minimum Gasteiger partial charge on any atom is -0.308 e. The van der Waals surface area contributed by atoms with E-state index < -0.39 is 5.82 Å². The topological polar surface area (TPSA) is 36.4 Å². The van der Waals surface area contributed by atoms with E-state index in [1.54, 1.807) is 17.0 Å². The molecule has 3 rings (SSSR count). The zero-order valence-corrected chi connectivity index (χ0v) is 15.3. The Balaban J connectivity index is 2.03. The van der Waals surface area contributed by atoms with E-state index in [4.69, 9.17) is 0 Å². The van der Waals surface area contributed by atoms with Gasteiger partial charge in [-0.3, -0.25) is 9.69 Å². The van der Waals surface area contributed by atoms with Crippen molar-refractivity contribution in [3.05, 3.63) is 59.4 Å².